The van der Waals surface area contributed by atoms with Gasteiger partial charge in [0.25, 0.3) is 0 Å². The first-order valence-corrected chi connectivity index (χ1v) is 25.7. The summed E-state index contributed by atoms with van der Waals surface area (Å²) in [4.78, 5) is 6.97. The molecule has 3 aromatic heterocycles. The molecule has 76 heavy (non-hydrogen) atoms. The Bertz CT molecular complexity index is 4510. The van der Waals surface area contributed by atoms with Crippen LogP contribution in [0.25, 0.3) is 82.1 Å². The SMILES string of the molecule is [2H]C([2H])([2H])C(c1cc(-c2ccc(C(C)(C)C)c3c4ccccc4c4ccccc4c4cccc5c4n(c23)[CH-]N5c2[c-]c(Oc3[c-]c4c(cc3)c3ccccc3n4-c3cc(C(C)(C)C)ccn3)ccc2)cc(C(C)(C)C)c1)(C([2H])([2H])[2H])C([2H])([2H])[2H].[Pt]. The van der Waals surface area contributed by atoms with E-state index in [1.807, 2.05) is 93.7 Å². The number of aromatic nitrogens is 3. The molecule has 0 saturated heterocycles. The predicted octanol–water partition coefficient (Wildman–Crippen LogP) is 19.1. The number of rotatable bonds is 5. The molecule has 12 rings (SSSR count). The Morgan fingerprint density at radius 1 is 0.513 bits per heavy atom. The molecule has 0 aliphatic carbocycles. The van der Waals surface area contributed by atoms with E-state index in [9.17, 15) is 0 Å². The molecule has 384 valence electrons. The minimum Gasteiger partial charge on any atom is -0.509 e. The maximum absolute atomic E-state index is 8.88. The third kappa shape index (κ3) is 8.71. The molecule has 5 nitrogen and oxygen atoms in total. The van der Waals surface area contributed by atoms with Gasteiger partial charge in [-0.1, -0.05) is 203 Å². The quantitative estimate of drug-likeness (QED) is 0.161. The van der Waals surface area contributed by atoms with Gasteiger partial charge in [0.2, 0.25) is 0 Å². The number of hydrogen-bond acceptors (Lipinski definition) is 3. The van der Waals surface area contributed by atoms with Crippen LogP contribution in [0.2, 0.25) is 0 Å². The summed E-state index contributed by atoms with van der Waals surface area (Å²) >= 11 is 0. The molecular formula is C70H65N4OPt-3. The molecule has 1 aliphatic heterocycles. The largest absolute Gasteiger partial charge is 0.509 e. The van der Waals surface area contributed by atoms with Crippen LogP contribution in [-0.4, -0.2) is 14.1 Å². The molecule has 0 fully saturated rings. The molecule has 0 bridgehead atoms. The summed E-state index contributed by atoms with van der Waals surface area (Å²) in [6.07, 6.45) is 1.86. The molecule has 0 atom stereocenters. The molecule has 8 aromatic carbocycles. The van der Waals surface area contributed by atoms with Gasteiger partial charge in [-0.2, -0.15) is 12.1 Å². The fourth-order valence-electron chi connectivity index (χ4n) is 11.0. The molecule has 0 amide bonds. The van der Waals surface area contributed by atoms with Gasteiger partial charge in [-0.3, -0.25) is 0 Å². The van der Waals surface area contributed by atoms with Crippen LogP contribution in [0.5, 0.6) is 11.5 Å². The fraction of sp³-hybridized carbons (Fsp3) is 0.229. The maximum atomic E-state index is 8.88. The van der Waals surface area contributed by atoms with Gasteiger partial charge < -0.3 is 18.8 Å². The number of nitrogens with zero attached hydrogens (tertiary/aromatic N) is 4. The van der Waals surface area contributed by atoms with Crippen molar-refractivity contribution in [1.29, 1.82) is 0 Å². The third-order valence-electron chi connectivity index (χ3n) is 14.8. The second-order valence-corrected chi connectivity index (χ2v) is 23.1. The molecule has 0 saturated carbocycles. The van der Waals surface area contributed by atoms with Crippen LogP contribution < -0.4 is 9.64 Å². The summed E-state index contributed by atoms with van der Waals surface area (Å²) in [6.45, 7) is 10.6. The number of pyridine rings is 1. The van der Waals surface area contributed by atoms with E-state index in [2.05, 4.69) is 159 Å². The van der Waals surface area contributed by atoms with Crippen LogP contribution in [0.4, 0.5) is 11.4 Å². The standard InChI is InChI=1S/C70H65N4O.Pt/c1-67(2,3)45-35-36-71-63(40-45)74-60-29-18-17-26-55(60)56-32-31-50(42-62(56)74)75-49-22-19-21-48(41-49)72-43-73-65-58(28-20-30-61(65)72)54-25-14-13-23-52(54)53-24-15-16-27-57(53)64-59(70(10,11)12)34-33-51(66(64)73)44-37-46(68(4,5)6)39-47(38-44)69(7,8)9;/h13-40,43H,1-12H3;/q-3;/i4D3,5D3,6D3;. The van der Waals surface area contributed by atoms with Gasteiger partial charge in [0.05, 0.1) is 0 Å². The van der Waals surface area contributed by atoms with Crippen molar-refractivity contribution in [2.75, 3.05) is 4.90 Å². The van der Waals surface area contributed by atoms with Crippen molar-refractivity contribution in [2.24, 2.45) is 0 Å². The van der Waals surface area contributed by atoms with E-state index in [0.717, 1.165) is 87.8 Å². The van der Waals surface area contributed by atoms with E-state index in [4.69, 9.17) is 22.1 Å². The minimum atomic E-state index is -3.49. The fourth-order valence-corrected chi connectivity index (χ4v) is 11.0. The summed E-state index contributed by atoms with van der Waals surface area (Å²) in [5, 5.41) is 7.85. The van der Waals surface area contributed by atoms with E-state index in [-0.39, 0.29) is 32.0 Å². The number of benzene rings is 8. The van der Waals surface area contributed by atoms with Gasteiger partial charge in [-0.15, -0.1) is 35.7 Å². The number of ether oxygens (including phenoxy) is 1. The third-order valence-corrected chi connectivity index (χ3v) is 14.8. The second kappa shape index (κ2) is 18.5. The Morgan fingerprint density at radius 3 is 1.83 bits per heavy atom. The zero-order chi connectivity index (χ0) is 59.8. The van der Waals surface area contributed by atoms with Gasteiger partial charge >= 0.3 is 0 Å². The van der Waals surface area contributed by atoms with Crippen LogP contribution in [0.3, 0.4) is 0 Å². The van der Waals surface area contributed by atoms with Crippen LogP contribution in [-0.2, 0) is 42.7 Å². The number of fused-ring (bicyclic) bond motifs is 10. The van der Waals surface area contributed by atoms with Crippen molar-refractivity contribution in [3.63, 3.8) is 0 Å². The van der Waals surface area contributed by atoms with Crippen LogP contribution in [0.1, 0.15) is 117 Å². The van der Waals surface area contributed by atoms with Crippen molar-refractivity contribution in [3.05, 3.63) is 211 Å². The van der Waals surface area contributed by atoms with Crippen LogP contribution in [0.15, 0.2) is 170 Å². The Morgan fingerprint density at radius 2 is 1.13 bits per heavy atom. The molecule has 0 unspecified atom stereocenters. The minimum absolute atomic E-state index is 0. The van der Waals surface area contributed by atoms with Crippen molar-refractivity contribution < 1.29 is 38.1 Å². The van der Waals surface area contributed by atoms with Gasteiger partial charge in [-0.05, 0) is 135 Å². The summed E-state index contributed by atoms with van der Waals surface area (Å²) in [5.74, 6) is 1.72. The predicted molar refractivity (Wildman–Crippen MR) is 317 cm³/mol. The molecule has 1 aliphatic rings. The summed E-state index contributed by atoms with van der Waals surface area (Å²) in [6, 6.07) is 61.6. The average molecular weight is 1180 g/mol. The van der Waals surface area contributed by atoms with Crippen LogP contribution in [0, 0.1) is 18.8 Å². The first-order chi connectivity index (χ1) is 39.5. The normalized spacial score (nSPS) is 15.2. The van der Waals surface area contributed by atoms with Gasteiger partial charge in [0, 0.05) is 62.3 Å². The molecular weight excluding hydrogens is 1110 g/mol. The van der Waals surface area contributed by atoms with E-state index in [1.54, 1.807) is 0 Å². The van der Waals surface area contributed by atoms with Crippen molar-refractivity contribution in [2.45, 2.75) is 105 Å². The van der Waals surface area contributed by atoms with E-state index >= 15 is 0 Å². The Labute approximate surface area is 475 Å². The van der Waals surface area contributed by atoms with E-state index < -0.39 is 36.8 Å². The number of para-hydroxylation sites is 2. The molecule has 4 heterocycles. The van der Waals surface area contributed by atoms with Crippen LogP contribution >= 0.6 is 0 Å². The Balaban J connectivity index is 0.00000752. The van der Waals surface area contributed by atoms with Gasteiger partial charge in [0.15, 0.2) is 0 Å². The zero-order valence-corrected chi connectivity index (χ0v) is 46.5. The first-order valence-electron chi connectivity index (χ1n) is 30.2. The van der Waals surface area contributed by atoms with E-state index in [0.29, 0.717) is 33.9 Å². The molecule has 11 aromatic rings. The van der Waals surface area contributed by atoms with Gasteiger partial charge in [0.1, 0.15) is 5.82 Å². The number of anilines is 2. The Hall–Kier alpha value is -7.33. The molecule has 0 radical (unpaired) electrons. The second-order valence-electron chi connectivity index (χ2n) is 23.1. The summed E-state index contributed by atoms with van der Waals surface area (Å²) < 4.78 is 91.1. The van der Waals surface area contributed by atoms with Crippen molar-refractivity contribution in [3.8, 4) is 28.4 Å². The Kier molecular flexibility index (Phi) is 9.93. The smallest absolute Gasteiger partial charge is 0.135 e. The van der Waals surface area contributed by atoms with Crippen molar-refractivity contribution >= 4 is 76.5 Å². The molecule has 0 N–H and O–H groups in total. The first kappa shape index (κ1) is 40.9. The average Bonchev–Trinajstić information content (AvgIpc) is 1.39. The topological polar surface area (TPSA) is 35.2 Å². The molecule has 6 heteroatoms. The maximum Gasteiger partial charge on any atom is 0.135 e. The van der Waals surface area contributed by atoms with Crippen molar-refractivity contribution in [1.82, 2.24) is 14.1 Å². The zero-order valence-electron chi connectivity index (χ0n) is 53.3. The van der Waals surface area contributed by atoms with E-state index in [1.165, 1.54) is 12.1 Å². The number of hydrogen-bond donors (Lipinski definition) is 0. The summed E-state index contributed by atoms with van der Waals surface area (Å²) in [5.41, 5.74) is 3.92. The monoisotopic (exact) mass is 1180 g/mol. The van der Waals surface area contributed by atoms with Gasteiger partial charge in [-0.25, -0.2) is 4.98 Å². The summed E-state index contributed by atoms with van der Waals surface area (Å²) in [7, 11) is 0. The molecule has 0 spiro atoms.